The second-order valence-corrected chi connectivity index (χ2v) is 12.3. The van der Waals surface area contributed by atoms with Gasteiger partial charge in [-0.1, -0.05) is 64.1 Å². The first-order valence-corrected chi connectivity index (χ1v) is 14.6. The molecule has 1 fully saturated rings. The van der Waals surface area contributed by atoms with E-state index in [1.54, 1.807) is 6.92 Å². The van der Waals surface area contributed by atoms with Crippen LogP contribution in [0.2, 0.25) is 10.0 Å². The molecule has 1 N–H and O–H groups in total. The van der Waals surface area contributed by atoms with Crippen LogP contribution in [-0.2, 0) is 26.2 Å². The largest absolute Gasteiger partial charge is 0.352 e. The molecule has 3 rings (SSSR count). The van der Waals surface area contributed by atoms with E-state index in [9.17, 15) is 18.0 Å². The average Bonchev–Trinajstić information content (AvgIpc) is 3.30. The number of nitrogens with one attached hydrogen (secondary N) is 1. The highest BCUT2D eigenvalue weighted by atomic mass is 79.9. The van der Waals surface area contributed by atoms with E-state index in [1.165, 1.54) is 23.1 Å². The zero-order valence-corrected chi connectivity index (χ0v) is 23.4. The SMILES string of the molecule is CC(C(=O)NC1CCCC1)N(Cc1ccc(Br)cc1)C(=O)CN(c1cc(Cl)ccc1Cl)S(C)(=O)=O. The lowest BCUT2D eigenvalue weighted by atomic mass is 10.1. The highest BCUT2D eigenvalue weighted by Crippen LogP contribution is 2.31. The number of anilines is 1. The first kappa shape index (κ1) is 27.8. The molecule has 0 bridgehead atoms. The minimum Gasteiger partial charge on any atom is -0.352 e. The van der Waals surface area contributed by atoms with Gasteiger partial charge in [0.15, 0.2) is 0 Å². The lowest BCUT2D eigenvalue weighted by Gasteiger charge is -2.32. The van der Waals surface area contributed by atoms with Crippen LogP contribution in [0.15, 0.2) is 46.9 Å². The smallest absolute Gasteiger partial charge is 0.244 e. The summed E-state index contributed by atoms with van der Waals surface area (Å²) in [6, 6.07) is 11.0. The monoisotopic (exact) mass is 603 g/mol. The summed E-state index contributed by atoms with van der Waals surface area (Å²) < 4.78 is 27.1. The van der Waals surface area contributed by atoms with Gasteiger partial charge in [-0.15, -0.1) is 0 Å². The summed E-state index contributed by atoms with van der Waals surface area (Å²) in [5.41, 5.74) is 0.899. The van der Waals surface area contributed by atoms with Gasteiger partial charge in [0, 0.05) is 22.1 Å². The Morgan fingerprint density at radius 2 is 1.74 bits per heavy atom. The summed E-state index contributed by atoms with van der Waals surface area (Å²) in [6.45, 7) is 1.25. The van der Waals surface area contributed by atoms with Gasteiger partial charge in [0.2, 0.25) is 21.8 Å². The fourth-order valence-corrected chi connectivity index (χ4v) is 5.59. The van der Waals surface area contributed by atoms with Crippen LogP contribution < -0.4 is 9.62 Å². The number of benzene rings is 2. The van der Waals surface area contributed by atoms with Crippen molar-refractivity contribution in [2.24, 2.45) is 0 Å². The van der Waals surface area contributed by atoms with Crippen molar-refractivity contribution in [2.75, 3.05) is 17.1 Å². The number of amides is 2. The summed E-state index contributed by atoms with van der Waals surface area (Å²) in [5.74, 6) is -0.808. The van der Waals surface area contributed by atoms with E-state index >= 15 is 0 Å². The minimum atomic E-state index is -3.89. The quantitative estimate of drug-likeness (QED) is 0.436. The molecule has 0 aliphatic heterocycles. The van der Waals surface area contributed by atoms with Gasteiger partial charge in [-0.05, 0) is 55.7 Å². The highest BCUT2D eigenvalue weighted by molar-refractivity contribution is 9.10. The topological polar surface area (TPSA) is 86.8 Å². The van der Waals surface area contributed by atoms with Crippen molar-refractivity contribution >= 4 is 66.7 Å². The van der Waals surface area contributed by atoms with Crippen LogP contribution in [-0.4, -0.2) is 50.0 Å². The summed E-state index contributed by atoms with van der Waals surface area (Å²) >= 11 is 15.7. The molecule has 0 radical (unpaired) electrons. The predicted octanol–water partition coefficient (Wildman–Crippen LogP) is 5.00. The highest BCUT2D eigenvalue weighted by Gasteiger charge is 2.32. The molecule has 1 aliphatic rings. The fourth-order valence-electron chi connectivity index (χ4n) is 4.03. The van der Waals surface area contributed by atoms with E-state index in [-0.39, 0.29) is 34.2 Å². The van der Waals surface area contributed by atoms with Gasteiger partial charge < -0.3 is 10.2 Å². The molecule has 2 amide bonds. The summed E-state index contributed by atoms with van der Waals surface area (Å²) in [7, 11) is -3.89. The second kappa shape index (κ2) is 12.0. The molecule has 1 atom stereocenters. The number of rotatable bonds is 9. The minimum absolute atomic E-state index is 0.0902. The Morgan fingerprint density at radius 1 is 1.11 bits per heavy atom. The Balaban J connectivity index is 1.90. The molecule has 0 spiro atoms. The molecule has 0 aromatic heterocycles. The summed E-state index contributed by atoms with van der Waals surface area (Å²) in [5, 5.41) is 3.45. The second-order valence-electron chi connectivity index (χ2n) is 8.68. The van der Waals surface area contributed by atoms with Gasteiger partial charge in [0.25, 0.3) is 0 Å². The molecular formula is C24H28BrCl2N3O4S. The fraction of sp³-hybridized carbons (Fsp3) is 0.417. The molecule has 7 nitrogen and oxygen atoms in total. The lowest BCUT2D eigenvalue weighted by molar-refractivity contribution is -0.139. The van der Waals surface area contributed by atoms with Crippen molar-refractivity contribution in [3.05, 3.63) is 62.5 Å². The van der Waals surface area contributed by atoms with Gasteiger partial charge >= 0.3 is 0 Å². The van der Waals surface area contributed by atoms with E-state index in [2.05, 4.69) is 21.2 Å². The molecule has 190 valence electrons. The van der Waals surface area contributed by atoms with Gasteiger partial charge in [0.05, 0.1) is 17.0 Å². The number of carbonyl (C=O) groups excluding carboxylic acids is 2. The van der Waals surface area contributed by atoms with Crippen molar-refractivity contribution in [3.8, 4) is 0 Å². The molecular weight excluding hydrogens is 577 g/mol. The standard InChI is InChI=1S/C24H28BrCl2N3O4S/c1-16(24(32)28-20-5-3-4-6-20)29(14-17-7-9-18(25)10-8-17)23(31)15-30(35(2,33)34)22-13-19(26)11-12-21(22)27/h7-13,16,20H,3-6,14-15H2,1-2H3,(H,28,32). The first-order chi connectivity index (χ1) is 16.5. The van der Waals surface area contributed by atoms with Crippen molar-refractivity contribution in [1.29, 1.82) is 0 Å². The normalized spacial score (nSPS) is 15.0. The van der Waals surface area contributed by atoms with E-state index < -0.39 is 28.5 Å². The Labute approximate surface area is 224 Å². The summed E-state index contributed by atoms with van der Waals surface area (Å²) in [4.78, 5) is 28.0. The van der Waals surface area contributed by atoms with Gasteiger partial charge in [-0.2, -0.15) is 0 Å². The number of hydrogen-bond donors (Lipinski definition) is 1. The van der Waals surface area contributed by atoms with E-state index in [4.69, 9.17) is 23.2 Å². The molecule has 0 saturated heterocycles. The van der Waals surface area contributed by atoms with Crippen molar-refractivity contribution in [1.82, 2.24) is 10.2 Å². The van der Waals surface area contributed by atoms with Gasteiger partial charge in [-0.25, -0.2) is 8.42 Å². The first-order valence-electron chi connectivity index (χ1n) is 11.2. The third-order valence-corrected chi connectivity index (χ3v) is 8.20. The maximum atomic E-state index is 13.6. The van der Waals surface area contributed by atoms with E-state index in [1.807, 2.05) is 24.3 Å². The number of hydrogen-bond acceptors (Lipinski definition) is 4. The zero-order valence-electron chi connectivity index (χ0n) is 19.5. The van der Waals surface area contributed by atoms with Gasteiger partial charge in [-0.3, -0.25) is 13.9 Å². The molecule has 2 aromatic carbocycles. The summed E-state index contributed by atoms with van der Waals surface area (Å²) in [6.07, 6.45) is 4.93. The maximum absolute atomic E-state index is 13.6. The van der Waals surface area contributed by atoms with Crippen molar-refractivity contribution in [3.63, 3.8) is 0 Å². The maximum Gasteiger partial charge on any atom is 0.244 e. The Kier molecular flexibility index (Phi) is 9.48. The molecule has 1 unspecified atom stereocenters. The molecule has 1 aliphatic carbocycles. The average molecular weight is 605 g/mol. The zero-order chi connectivity index (χ0) is 25.8. The molecule has 2 aromatic rings. The van der Waals surface area contributed by atoms with Crippen molar-refractivity contribution < 1.29 is 18.0 Å². The molecule has 1 saturated carbocycles. The van der Waals surface area contributed by atoms with Crippen LogP contribution in [0, 0.1) is 0 Å². The lowest BCUT2D eigenvalue weighted by Crippen LogP contribution is -2.52. The van der Waals surface area contributed by atoms with E-state index in [0.29, 0.717) is 0 Å². The Hall–Kier alpha value is -1.81. The molecule has 35 heavy (non-hydrogen) atoms. The van der Waals surface area contributed by atoms with Crippen LogP contribution >= 0.6 is 39.1 Å². The van der Waals surface area contributed by atoms with Gasteiger partial charge in [0.1, 0.15) is 12.6 Å². The number of nitrogens with zero attached hydrogens (tertiary/aromatic N) is 2. The van der Waals surface area contributed by atoms with Crippen LogP contribution in [0.3, 0.4) is 0 Å². The van der Waals surface area contributed by atoms with Crippen LogP contribution in [0.4, 0.5) is 5.69 Å². The van der Waals surface area contributed by atoms with Crippen molar-refractivity contribution in [2.45, 2.75) is 51.2 Å². The third kappa shape index (κ3) is 7.59. The Bertz CT molecular complexity index is 1170. The predicted molar refractivity (Wildman–Crippen MR) is 143 cm³/mol. The molecule has 0 heterocycles. The Morgan fingerprint density at radius 3 is 2.34 bits per heavy atom. The van der Waals surface area contributed by atoms with Crippen LogP contribution in [0.5, 0.6) is 0 Å². The molecule has 11 heteroatoms. The van der Waals surface area contributed by atoms with Crippen LogP contribution in [0.25, 0.3) is 0 Å². The number of sulfonamides is 1. The van der Waals surface area contributed by atoms with Crippen LogP contribution in [0.1, 0.15) is 38.2 Å². The number of halogens is 3. The number of carbonyl (C=O) groups is 2. The third-order valence-electron chi connectivity index (χ3n) is 5.99. The van der Waals surface area contributed by atoms with E-state index in [0.717, 1.165) is 46.3 Å².